The van der Waals surface area contributed by atoms with E-state index in [0.29, 0.717) is 6.54 Å². The first-order valence-corrected chi connectivity index (χ1v) is 7.90. The molecule has 1 aliphatic rings. The first-order chi connectivity index (χ1) is 9.29. The van der Waals surface area contributed by atoms with E-state index in [4.69, 9.17) is 0 Å². The number of urea groups is 1. The lowest BCUT2D eigenvalue weighted by molar-refractivity contribution is 0.154. The molecule has 0 aromatic carbocycles. The summed E-state index contributed by atoms with van der Waals surface area (Å²) in [6.07, 6.45) is 5.14. The Bertz CT molecular complexity index is 381. The Morgan fingerprint density at radius 3 is 3.00 bits per heavy atom. The molecule has 0 spiro atoms. The number of hydrogen-bond acceptors (Lipinski definition) is 3. The van der Waals surface area contributed by atoms with E-state index in [-0.39, 0.29) is 24.6 Å². The van der Waals surface area contributed by atoms with Gasteiger partial charge in [-0.15, -0.1) is 0 Å². The molecule has 0 bridgehead atoms. The Balaban J connectivity index is 1.68. The molecule has 3 N–H and O–H groups in total. The van der Waals surface area contributed by atoms with Crippen LogP contribution < -0.4 is 10.6 Å². The molecule has 2 amide bonds. The van der Waals surface area contributed by atoms with Gasteiger partial charge >= 0.3 is 6.03 Å². The minimum Gasteiger partial charge on any atom is -0.396 e. The number of hydrogen-bond donors (Lipinski definition) is 3. The lowest BCUT2D eigenvalue weighted by Gasteiger charge is -2.30. The van der Waals surface area contributed by atoms with Gasteiger partial charge in [0.2, 0.25) is 0 Å². The number of aliphatic hydroxyl groups excluding tert-OH is 1. The van der Waals surface area contributed by atoms with Gasteiger partial charge in [-0.1, -0.05) is 12.8 Å². The smallest absolute Gasteiger partial charge is 0.315 e. The molecule has 2 unspecified atom stereocenters. The van der Waals surface area contributed by atoms with Gasteiger partial charge in [0.05, 0.1) is 0 Å². The quantitative estimate of drug-likeness (QED) is 0.775. The van der Waals surface area contributed by atoms with Crippen molar-refractivity contribution in [1.29, 1.82) is 0 Å². The molecule has 1 aromatic rings. The molecule has 1 heterocycles. The standard InChI is InChI=1S/C14H22N2O2S/c17-9-12-3-1-2-4-13(12)16-14(18)15-7-5-11-6-8-19-10-11/h6,8,10,12-13,17H,1-5,7,9H2,(H2,15,16,18). The molecule has 1 saturated carbocycles. The van der Waals surface area contributed by atoms with Crippen molar-refractivity contribution < 1.29 is 9.90 Å². The van der Waals surface area contributed by atoms with Gasteiger partial charge in [0.1, 0.15) is 0 Å². The number of amides is 2. The highest BCUT2D eigenvalue weighted by Crippen LogP contribution is 2.23. The monoisotopic (exact) mass is 282 g/mol. The molecule has 106 valence electrons. The first-order valence-electron chi connectivity index (χ1n) is 6.96. The van der Waals surface area contributed by atoms with Gasteiger partial charge in [-0.05, 0) is 41.7 Å². The summed E-state index contributed by atoms with van der Waals surface area (Å²) in [4.78, 5) is 11.8. The van der Waals surface area contributed by atoms with Crippen molar-refractivity contribution in [3.05, 3.63) is 22.4 Å². The molecule has 19 heavy (non-hydrogen) atoms. The van der Waals surface area contributed by atoms with Crippen LogP contribution in [-0.4, -0.2) is 30.3 Å². The maximum Gasteiger partial charge on any atom is 0.315 e. The Morgan fingerprint density at radius 1 is 1.42 bits per heavy atom. The number of rotatable bonds is 5. The van der Waals surface area contributed by atoms with E-state index >= 15 is 0 Å². The fraction of sp³-hybridized carbons (Fsp3) is 0.643. The van der Waals surface area contributed by atoms with E-state index in [1.165, 1.54) is 5.56 Å². The van der Waals surface area contributed by atoms with Crippen molar-refractivity contribution in [2.24, 2.45) is 5.92 Å². The third-order valence-corrected chi connectivity index (χ3v) is 4.47. The third kappa shape index (κ3) is 4.51. The van der Waals surface area contributed by atoms with E-state index in [0.717, 1.165) is 32.1 Å². The predicted molar refractivity (Wildman–Crippen MR) is 77.4 cm³/mol. The van der Waals surface area contributed by atoms with Gasteiger partial charge in [-0.3, -0.25) is 0 Å². The van der Waals surface area contributed by atoms with E-state index in [2.05, 4.69) is 22.1 Å². The molecule has 1 aliphatic carbocycles. The minimum atomic E-state index is -0.111. The van der Waals surface area contributed by atoms with Crippen LogP contribution in [0.5, 0.6) is 0 Å². The van der Waals surface area contributed by atoms with Crippen LogP contribution >= 0.6 is 11.3 Å². The van der Waals surface area contributed by atoms with E-state index in [1.807, 2.05) is 5.38 Å². The van der Waals surface area contributed by atoms with Gasteiger partial charge < -0.3 is 15.7 Å². The highest BCUT2D eigenvalue weighted by Gasteiger charge is 2.25. The topological polar surface area (TPSA) is 61.4 Å². The second-order valence-electron chi connectivity index (χ2n) is 5.12. The normalized spacial score (nSPS) is 23.0. The first kappa shape index (κ1) is 14.3. The largest absolute Gasteiger partial charge is 0.396 e. The second-order valence-corrected chi connectivity index (χ2v) is 5.90. The zero-order chi connectivity index (χ0) is 13.5. The van der Waals surface area contributed by atoms with Crippen molar-refractivity contribution >= 4 is 17.4 Å². The zero-order valence-corrected chi connectivity index (χ0v) is 11.9. The third-order valence-electron chi connectivity index (χ3n) is 3.74. The maximum atomic E-state index is 11.8. The Hall–Kier alpha value is -1.07. The van der Waals surface area contributed by atoms with Crippen LogP contribution in [0.15, 0.2) is 16.8 Å². The van der Waals surface area contributed by atoms with Crippen molar-refractivity contribution in [1.82, 2.24) is 10.6 Å². The summed E-state index contributed by atoms with van der Waals surface area (Å²) in [6.45, 7) is 0.818. The van der Waals surface area contributed by atoms with Crippen LogP contribution in [0.1, 0.15) is 31.2 Å². The Kier molecular flexibility index (Phi) is 5.66. The summed E-state index contributed by atoms with van der Waals surface area (Å²) in [7, 11) is 0. The van der Waals surface area contributed by atoms with Gasteiger partial charge in [0.15, 0.2) is 0 Å². The highest BCUT2D eigenvalue weighted by molar-refractivity contribution is 7.07. The van der Waals surface area contributed by atoms with Crippen molar-refractivity contribution in [3.8, 4) is 0 Å². The average Bonchev–Trinajstić information content (AvgIpc) is 2.92. The molecule has 5 heteroatoms. The number of aliphatic hydroxyl groups is 1. The average molecular weight is 282 g/mol. The van der Waals surface area contributed by atoms with Crippen molar-refractivity contribution in [2.75, 3.05) is 13.2 Å². The molecule has 2 atom stereocenters. The summed E-state index contributed by atoms with van der Waals surface area (Å²) >= 11 is 1.67. The van der Waals surface area contributed by atoms with Gasteiger partial charge in [-0.25, -0.2) is 4.79 Å². The molecule has 1 aromatic heterocycles. The second kappa shape index (κ2) is 7.50. The Morgan fingerprint density at radius 2 is 2.26 bits per heavy atom. The predicted octanol–water partition coefficient (Wildman–Crippen LogP) is 2.14. The lowest BCUT2D eigenvalue weighted by Crippen LogP contribution is -2.48. The van der Waals surface area contributed by atoms with E-state index in [1.54, 1.807) is 11.3 Å². The number of carbonyl (C=O) groups excluding carboxylic acids is 1. The summed E-state index contributed by atoms with van der Waals surface area (Å²) in [5, 5.41) is 19.3. The van der Waals surface area contributed by atoms with Gasteiger partial charge in [0, 0.05) is 25.1 Å². The SMILES string of the molecule is O=C(NCCc1ccsc1)NC1CCCCC1CO. The zero-order valence-electron chi connectivity index (χ0n) is 11.1. The molecule has 0 radical (unpaired) electrons. The Labute approximate surface area is 118 Å². The molecule has 2 rings (SSSR count). The minimum absolute atomic E-state index is 0.111. The number of carbonyl (C=O) groups is 1. The molecule has 0 saturated heterocycles. The summed E-state index contributed by atoms with van der Waals surface area (Å²) in [5.74, 6) is 0.219. The maximum absolute atomic E-state index is 11.8. The van der Waals surface area contributed by atoms with Crippen LogP contribution in [-0.2, 0) is 6.42 Å². The molecule has 1 fully saturated rings. The summed E-state index contributed by atoms with van der Waals surface area (Å²) in [5.41, 5.74) is 1.26. The molecule has 4 nitrogen and oxygen atoms in total. The van der Waals surface area contributed by atoms with E-state index < -0.39 is 0 Å². The van der Waals surface area contributed by atoms with Crippen LogP contribution in [0.2, 0.25) is 0 Å². The lowest BCUT2D eigenvalue weighted by atomic mass is 9.85. The number of thiophene rings is 1. The summed E-state index contributed by atoms with van der Waals surface area (Å²) in [6, 6.07) is 2.09. The van der Waals surface area contributed by atoms with Crippen LogP contribution in [0.3, 0.4) is 0 Å². The van der Waals surface area contributed by atoms with Crippen LogP contribution in [0.4, 0.5) is 4.79 Å². The van der Waals surface area contributed by atoms with Gasteiger partial charge in [-0.2, -0.15) is 11.3 Å². The van der Waals surface area contributed by atoms with Crippen molar-refractivity contribution in [2.45, 2.75) is 38.1 Å². The molecular weight excluding hydrogens is 260 g/mol. The fourth-order valence-corrected chi connectivity index (χ4v) is 3.29. The highest BCUT2D eigenvalue weighted by atomic mass is 32.1. The summed E-state index contributed by atoms with van der Waals surface area (Å²) < 4.78 is 0. The number of nitrogens with one attached hydrogen (secondary N) is 2. The van der Waals surface area contributed by atoms with E-state index in [9.17, 15) is 9.90 Å². The molecule has 0 aliphatic heterocycles. The fourth-order valence-electron chi connectivity index (χ4n) is 2.59. The van der Waals surface area contributed by atoms with Crippen LogP contribution in [0.25, 0.3) is 0 Å². The molecular formula is C14H22N2O2S. The van der Waals surface area contributed by atoms with Gasteiger partial charge in [0.25, 0.3) is 0 Å². The van der Waals surface area contributed by atoms with Crippen molar-refractivity contribution in [3.63, 3.8) is 0 Å². The van der Waals surface area contributed by atoms with Crippen LogP contribution in [0, 0.1) is 5.92 Å².